The van der Waals surface area contributed by atoms with Crippen LogP contribution < -0.4 is 10.6 Å². The van der Waals surface area contributed by atoms with E-state index < -0.39 is 0 Å². The summed E-state index contributed by atoms with van der Waals surface area (Å²) in [7, 11) is 0. The predicted octanol–water partition coefficient (Wildman–Crippen LogP) is 0.471. The van der Waals surface area contributed by atoms with Gasteiger partial charge in [-0.1, -0.05) is 18.2 Å². The number of nitrogens with zero attached hydrogens (tertiary/aromatic N) is 2. The van der Waals surface area contributed by atoms with E-state index in [0.717, 1.165) is 10.6 Å². The number of para-hydroxylation sites is 1. The number of benzene rings is 1. The van der Waals surface area contributed by atoms with Crippen LogP contribution in [-0.2, 0) is 0 Å². The van der Waals surface area contributed by atoms with E-state index in [1.807, 2.05) is 30.5 Å². The van der Waals surface area contributed by atoms with Crippen LogP contribution in [0, 0.1) is 0 Å². The van der Waals surface area contributed by atoms with Crippen molar-refractivity contribution in [1.82, 2.24) is 4.42 Å². The Hall–Kier alpha value is -1.02. The van der Waals surface area contributed by atoms with Crippen LogP contribution >= 0.6 is 11.8 Å². The molecule has 0 amide bonds. The second-order valence-electron chi connectivity index (χ2n) is 2.39. The zero-order valence-electron chi connectivity index (χ0n) is 5.87. The molecule has 0 N–H and O–H groups in total. The van der Waals surface area contributed by atoms with Crippen molar-refractivity contribution in [3.8, 4) is 0 Å². The molecule has 0 saturated heterocycles. The topological polar surface area (TPSA) is 15.6 Å². The van der Waals surface area contributed by atoms with Crippen molar-refractivity contribution in [3.63, 3.8) is 0 Å². The normalized spacial score (nSPS) is 14.8. The molecule has 0 aromatic heterocycles. The Morgan fingerprint density at radius 3 is 3.09 bits per heavy atom. The molecule has 3 heteroatoms. The van der Waals surface area contributed by atoms with Gasteiger partial charge in [-0.25, -0.2) is 0 Å². The fourth-order valence-electron chi connectivity index (χ4n) is 1.08. The molecule has 1 heterocycles. The zero-order chi connectivity index (χ0) is 7.68. The lowest BCUT2D eigenvalue weighted by Gasteiger charge is -2.09. The monoisotopic (exact) mass is 166 g/mol. The van der Waals surface area contributed by atoms with Gasteiger partial charge in [0.15, 0.2) is 0 Å². The second kappa shape index (κ2) is 2.55. The molecule has 2 rings (SSSR count). The average Bonchev–Trinajstić information content (AvgIpc) is 2.04. The molecule has 1 aromatic carbocycles. The van der Waals surface area contributed by atoms with Crippen molar-refractivity contribution in [2.75, 3.05) is 6.67 Å². The van der Waals surface area contributed by atoms with Crippen molar-refractivity contribution in [3.05, 3.63) is 34.8 Å². The molecule has 0 aliphatic carbocycles. The van der Waals surface area contributed by atoms with Gasteiger partial charge in [0, 0.05) is 23.2 Å². The summed E-state index contributed by atoms with van der Waals surface area (Å²) in [5.41, 5.74) is 0. The maximum atomic E-state index is 5.73. The predicted molar refractivity (Wildman–Crippen MR) is 44.2 cm³/mol. The Morgan fingerprint density at radius 1 is 1.36 bits per heavy atom. The molecule has 0 saturated carbocycles. The maximum absolute atomic E-state index is 5.73. The number of hydrogen-bond donors (Lipinski definition) is 0. The molecule has 0 unspecified atom stereocenters. The summed E-state index contributed by atoms with van der Waals surface area (Å²) in [6, 6.07) is 7.92. The minimum atomic E-state index is 0.540. The zero-order valence-corrected chi connectivity index (χ0v) is 6.62. The smallest absolute Gasteiger partial charge is 0.125 e. The summed E-state index contributed by atoms with van der Waals surface area (Å²) < 4.78 is 1.54. The van der Waals surface area contributed by atoms with E-state index in [9.17, 15) is 0 Å². The fraction of sp³-hybridized carbons (Fsp3) is 0.125. The molecule has 0 atom stereocenters. The molecule has 1 aromatic rings. The first-order valence-corrected chi connectivity index (χ1v) is 3.74. The first-order chi connectivity index (χ1) is 5.36. The quantitative estimate of drug-likeness (QED) is 0.512. The van der Waals surface area contributed by atoms with Gasteiger partial charge in [0.05, 0.1) is 5.36 Å². The van der Waals surface area contributed by atoms with Crippen LogP contribution in [0.2, 0.25) is 0 Å². The maximum Gasteiger partial charge on any atom is 0.125 e. The highest BCUT2D eigenvalue weighted by Crippen LogP contribution is 1.95. The highest BCUT2D eigenvalue weighted by Gasteiger charge is 1.97. The van der Waals surface area contributed by atoms with E-state index in [2.05, 4.69) is 4.99 Å². The van der Waals surface area contributed by atoms with Gasteiger partial charge in [-0.05, 0) is 6.07 Å². The molecular formula is C8H7ClN2. The van der Waals surface area contributed by atoms with E-state index in [1.54, 1.807) is 4.42 Å². The first-order valence-electron chi connectivity index (χ1n) is 3.40. The van der Waals surface area contributed by atoms with Gasteiger partial charge in [0.1, 0.15) is 6.67 Å². The van der Waals surface area contributed by atoms with E-state index in [1.165, 1.54) is 0 Å². The Bertz CT molecular complexity index is 372. The Kier molecular flexibility index (Phi) is 1.55. The highest BCUT2D eigenvalue weighted by molar-refractivity contribution is 6.15. The number of hydrogen-bond acceptors (Lipinski definition) is 2. The van der Waals surface area contributed by atoms with Gasteiger partial charge in [0.2, 0.25) is 0 Å². The van der Waals surface area contributed by atoms with Crippen LogP contribution in [-0.4, -0.2) is 11.1 Å². The lowest BCUT2D eigenvalue weighted by molar-refractivity contribution is 0.641. The summed E-state index contributed by atoms with van der Waals surface area (Å²) in [6.07, 6.45) is 1.88. The van der Waals surface area contributed by atoms with Gasteiger partial charge in [0.25, 0.3) is 0 Å². The van der Waals surface area contributed by atoms with E-state index in [4.69, 9.17) is 11.8 Å². The molecule has 0 bridgehead atoms. The lowest BCUT2D eigenvalue weighted by Crippen LogP contribution is -2.31. The molecular weight excluding hydrogens is 160 g/mol. The molecule has 1 aliphatic rings. The van der Waals surface area contributed by atoms with E-state index in [0.29, 0.717) is 6.67 Å². The van der Waals surface area contributed by atoms with Gasteiger partial charge in [-0.2, -0.15) is 0 Å². The summed E-state index contributed by atoms with van der Waals surface area (Å²) in [6.45, 7) is 0.540. The van der Waals surface area contributed by atoms with Crippen LogP contribution in [0.5, 0.6) is 0 Å². The van der Waals surface area contributed by atoms with Crippen LogP contribution in [0.25, 0.3) is 6.20 Å². The van der Waals surface area contributed by atoms with Crippen LogP contribution in [0.15, 0.2) is 29.3 Å². The standard InChI is InChI=1S/C8H7ClN2/c9-11-5-7-3-1-2-4-8(7)10-6-11/h1-5H,6H2. The number of fused-ring (bicyclic) bond motifs is 1. The van der Waals surface area contributed by atoms with Crippen LogP contribution in [0.4, 0.5) is 0 Å². The minimum absolute atomic E-state index is 0.540. The molecule has 1 aliphatic heterocycles. The molecule has 0 spiro atoms. The molecule has 56 valence electrons. The van der Waals surface area contributed by atoms with E-state index in [-0.39, 0.29) is 0 Å². The van der Waals surface area contributed by atoms with Crippen molar-refractivity contribution < 1.29 is 0 Å². The van der Waals surface area contributed by atoms with Gasteiger partial charge >= 0.3 is 0 Å². The Morgan fingerprint density at radius 2 is 2.18 bits per heavy atom. The summed E-state index contributed by atoms with van der Waals surface area (Å²) >= 11 is 5.73. The third kappa shape index (κ3) is 1.21. The molecule has 0 fully saturated rings. The van der Waals surface area contributed by atoms with E-state index >= 15 is 0 Å². The van der Waals surface area contributed by atoms with Gasteiger partial charge in [-0.15, -0.1) is 0 Å². The van der Waals surface area contributed by atoms with Gasteiger partial charge < -0.3 is 0 Å². The van der Waals surface area contributed by atoms with Crippen molar-refractivity contribution in [2.24, 2.45) is 4.99 Å². The molecule has 11 heavy (non-hydrogen) atoms. The second-order valence-corrected chi connectivity index (χ2v) is 2.82. The third-order valence-corrected chi connectivity index (χ3v) is 1.80. The fourth-order valence-corrected chi connectivity index (χ4v) is 1.23. The van der Waals surface area contributed by atoms with Crippen molar-refractivity contribution >= 4 is 18.0 Å². The largest absolute Gasteiger partial charge is 0.271 e. The van der Waals surface area contributed by atoms with Crippen LogP contribution in [0.1, 0.15) is 0 Å². The highest BCUT2D eigenvalue weighted by atomic mass is 35.5. The summed E-state index contributed by atoms with van der Waals surface area (Å²) in [5, 5.41) is 2.10. The van der Waals surface area contributed by atoms with Crippen molar-refractivity contribution in [1.29, 1.82) is 0 Å². The third-order valence-electron chi connectivity index (χ3n) is 1.59. The summed E-state index contributed by atoms with van der Waals surface area (Å²) in [4.78, 5) is 4.24. The SMILES string of the molecule is ClN1C=c2ccccc2=NC1. The average molecular weight is 167 g/mol. The van der Waals surface area contributed by atoms with Gasteiger partial charge in [-0.3, -0.25) is 9.41 Å². The summed E-state index contributed by atoms with van der Waals surface area (Å²) in [5.74, 6) is 0. The Labute approximate surface area is 69.5 Å². The number of rotatable bonds is 0. The number of halogens is 1. The molecule has 0 radical (unpaired) electrons. The van der Waals surface area contributed by atoms with Crippen molar-refractivity contribution in [2.45, 2.75) is 0 Å². The molecule has 2 nitrogen and oxygen atoms in total. The van der Waals surface area contributed by atoms with Crippen LogP contribution in [0.3, 0.4) is 0 Å². The minimum Gasteiger partial charge on any atom is -0.271 e. The lowest BCUT2D eigenvalue weighted by atomic mass is 10.3. The Balaban J connectivity index is 2.73. The first kappa shape index (κ1) is 6.68.